The maximum atomic E-state index is 14.0. The fourth-order valence-corrected chi connectivity index (χ4v) is 6.76. The van der Waals surface area contributed by atoms with Crippen LogP contribution in [0.15, 0.2) is 36.4 Å². The van der Waals surface area contributed by atoms with Crippen LogP contribution in [0.25, 0.3) is 11.1 Å². The number of carboxylic acid groups (broad SMARTS) is 1. The minimum Gasteiger partial charge on any atom is -0.492 e. The number of hydrogen-bond acceptors (Lipinski definition) is 10. The van der Waals surface area contributed by atoms with E-state index >= 15 is 0 Å². The SMILES string of the molecule is CCCCCCCCCCCCCC(=O)NCC(=O)N(C)C1C(=O)N[C@@H](C)C(=O)NC(C(=O)O)Cc2ccc(OCCN)c(c2)-c2cc1ccc2OCCN.CCCCN. The highest BCUT2D eigenvalue weighted by Crippen LogP contribution is 2.40. The number of nitrogens with two attached hydrogens (primary N) is 3. The predicted molar refractivity (Wildman–Crippen MR) is 235 cm³/mol. The van der Waals surface area contributed by atoms with E-state index in [0.29, 0.717) is 40.2 Å². The van der Waals surface area contributed by atoms with Crippen molar-refractivity contribution < 1.29 is 38.6 Å². The van der Waals surface area contributed by atoms with E-state index in [1.807, 2.05) is 0 Å². The Morgan fingerprint density at radius 2 is 1.30 bits per heavy atom. The fraction of sp³-hybridized carbons (Fsp3) is 0.622. The Balaban J connectivity index is 0.00000233. The van der Waals surface area contributed by atoms with E-state index < -0.39 is 41.8 Å². The van der Waals surface area contributed by atoms with E-state index in [9.17, 15) is 29.1 Å². The third kappa shape index (κ3) is 18.3. The first-order valence-corrected chi connectivity index (χ1v) is 21.9. The number of likely N-dealkylation sites (N-methyl/N-ethyl adjacent to an activating group) is 1. The summed E-state index contributed by atoms with van der Waals surface area (Å²) in [5.41, 5.74) is 18.6. The molecule has 1 aliphatic rings. The van der Waals surface area contributed by atoms with Gasteiger partial charge in [0, 0.05) is 44.1 Å². The molecule has 60 heavy (non-hydrogen) atoms. The van der Waals surface area contributed by atoms with Gasteiger partial charge in [-0.1, -0.05) is 96.6 Å². The van der Waals surface area contributed by atoms with Crippen LogP contribution >= 0.6 is 0 Å². The molecule has 0 spiro atoms. The van der Waals surface area contributed by atoms with Gasteiger partial charge >= 0.3 is 5.97 Å². The molecule has 0 aromatic heterocycles. The topological polar surface area (TPSA) is 241 Å². The van der Waals surface area contributed by atoms with Crippen molar-refractivity contribution in [2.45, 2.75) is 135 Å². The number of carboxylic acids is 1. The van der Waals surface area contributed by atoms with Gasteiger partial charge in [-0.3, -0.25) is 19.2 Å². The summed E-state index contributed by atoms with van der Waals surface area (Å²) in [6, 6.07) is 6.42. The lowest BCUT2D eigenvalue weighted by Crippen LogP contribution is -2.53. The molecule has 1 heterocycles. The number of hydrogen-bond donors (Lipinski definition) is 7. The van der Waals surface area contributed by atoms with Crippen LogP contribution in [-0.2, 0) is 30.4 Å². The van der Waals surface area contributed by atoms with Crippen molar-refractivity contribution in [3.05, 3.63) is 47.5 Å². The van der Waals surface area contributed by atoms with E-state index in [1.54, 1.807) is 36.4 Å². The summed E-state index contributed by atoms with van der Waals surface area (Å²) in [7, 11) is 1.45. The highest BCUT2D eigenvalue weighted by atomic mass is 16.5. The first kappa shape index (κ1) is 51.4. The summed E-state index contributed by atoms with van der Waals surface area (Å²) < 4.78 is 12.0. The third-order valence-corrected chi connectivity index (χ3v) is 10.2. The number of benzene rings is 2. The van der Waals surface area contributed by atoms with Gasteiger partial charge < -0.3 is 52.6 Å². The zero-order valence-electron chi connectivity index (χ0n) is 36.5. The van der Waals surface area contributed by atoms with E-state index in [-0.39, 0.29) is 45.2 Å². The van der Waals surface area contributed by atoms with Gasteiger partial charge in [-0.05, 0) is 61.7 Å². The monoisotopic (exact) mass is 840 g/mol. The number of amides is 4. The van der Waals surface area contributed by atoms with Crippen molar-refractivity contribution in [2.75, 3.05) is 46.4 Å². The molecule has 3 rings (SSSR count). The van der Waals surface area contributed by atoms with E-state index in [4.69, 9.17) is 26.7 Å². The number of nitrogens with one attached hydrogen (secondary N) is 3. The first-order chi connectivity index (χ1) is 28.9. The van der Waals surface area contributed by atoms with Crippen LogP contribution in [0.2, 0.25) is 0 Å². The molecule has 2 aromatic carbocycles. The summed E-state index contributed by atoms with van der Waals surface area (Å²) in [6.45, 7) is 7.11. The van der Waals surface area contributed by atoms with Crippen LogP contribution in [0.1, 0.15) is 128 Å². The number of fused-ring (bicyclic) bond motifs is 5. The Morgan fingerprint density at radius 3 is 1.83 bits per heavy atom. The van der Waals surface area contributed by atoms with E-state index in [2.05, 4.69) is 29.8 Å². The van der Waals surface area contributed by atoms with Crippen LogP contribution in [-0.4, -0.2) is 98.1 Å². The molecular weight excluding hydrogens is 767 g/mol. The molecular formula is C45H73N7O8. The molecule has 10 N–H and O–H groups in total. The Bertz CT molecular complexity index is 1620. The molecule has 0 saturated carbocycles. The van der Waals surface area contributed by atoms with Crippen molar-refractivity contribution in [3.63, 3.8) is 0 Å². The van der Waals surface area contributed by atoms with Gasteiger partial charge in [-0.25, -0.2) is 4.79 Å². The van der Waals surface area contributed by atoms with Gasteiger partial charge in [-0.2, -0.15) is 0 Å². The standard InChI is InChI=1S/C41H62N6O8.C4H11N/c1-4-5-6-7-8-9-10-11-12-13-14-15-36(48)44-27-37(49)47(3)38-30-17-19-35(55-23-21-43)32(26-30)31-24-29(16-18-34(31)54-22-20-42)25-33(41(52)53)46-39(50)28(2)45-40(38)51;1-2-3-4-5/h16-19,24,26,28,33,38H,4-15,20-23,25,27,42-43H2,1-3H3,(H,44,48)(H,45,51)(H,46,50)(H,52,53);2-5H2,1H3/t28-,33?,38?;/m0./s1. The largest absolute Gasteiger partial charge is 0.492 e. The number of carbonyl (C=O) groups is 5. The molecule has 15 nitrogen and oxygen atoms in total. The number of rotatable bonds is 24. The van der Waals surface area contributed by atoms with Crippen molar-refractivity contribution in [1.29, 1.82) is 0 Å². The fourth-order valence-electron chi connectivity index (χ4n) is 6.76. The normalized spacial score (nSPS) is 16.3. The quantitative estimate of drug-likeness (QED) is 0.0714. The number of aliphatic carboxylic acids is 1. The van der Waals surface area contributed by atoms with Crippen LogP contribution in [0, 0.1) is 0 Å². The lowest BCUT2D eigenvalue weighted by atomic mass is 9.93. The molecule has 15 heteroatoms. The van der Waals surface area contributed by atoms with E-state index in [1.165, 1.54) is 76.7 Å². The molecule has 336 valence electrons. The average Bonchev–Trinajstić information content (AvgIpc) is 3.23. The zero-order valence-corrected chi connectivity index (χ0v) is 36.5. The molecule has 1 aliphatic heterocycles. The molecule has 4 amide bonds. The zero-order chi connectivity index (χ0) is 44.3. The van der Waals surface area contributed by atoms with Crippen LogP contribution < -0.4 is 42.6 Å². The Hall–Kier alpha value is -4.73. The average molecular weight is 840 g/mol. The summed E-state index contributed by atoms with van der Waals surface area (Å²) >= 11 is 0. The second-order valence-corrected chi connectivity index (χ2v) is 15.3. The summed E-state index contributed by atoms with van der Waals surface area (Å²) in [5.74, 6) is -2.61. The van der Waals surface area contributed by atoms with Crippen LogP contribution in [0.3, 0.4) is 0 Å². The lowest BCUT2D eigenvalue weighted by molar-refractivity contribution is -0.143. The van der Waals surface area contributed by atoms with Gasteiger partial charge in [-0.15, -0.1) is 0 Å². The maximum absolute atomic E-state index is 14.0. The molecule has 0 fully saturated rings. The Kier molecular flexibility index (Phi) is 25.3. The second-order valence-electron chi connectivity index (χ2n) is 15.3. The number of ether oxygens (including phenoxy) is 2. The van der Waals surface area contributed by atoms with Crippen molar-refractivity contribution >= 4 is 29.6 Å². The first-order valence-electron chi connectivity index (χ1n) is 21.9. The maximum Gasteiger partial charge on any atom is 0.326 e. The molecule has 4 bridgehead atoms. The number of nitrogens with zero attached hydrogens (tertiary/aromatic N) is 1. The second kappa shape index (κ2) is 29.5. The third-order valence-electron chi connectivity index (χ3n) is 10.2. The highest BCUT2D eigenvalue weighted by Gasteiger charge is 2.33. The van der Waals surface area contributed by atoms with Crippen molar-refractivity contribution in [3.8, 4) is 22.6 Å². The van der Waals surface area contributed by atoms with Crippen molar-refractivity contribution in [2.24, 2.45) is 17.2 Å². The summed E-state index contributed by atoms with van der Waals surface area (Å²) in [6.07, 6.45) is 15.4. The van der Waals surface area contributed by atoms with Gasteiger partial charge in [0.25, 0.3) is 0 Å². The Labute approximate surface area is 357 Å². The predicted octanol–water partition coefficient (Wildman–Crippen LogP) is 4.72. The minimum atomic E-state index is -1.31. The highest BCUT2D eigenvalue weighted by molar-refractivity contribution is 5.95. The molecule has 0 saturated heterocycles. The molecule has 0 aliphatic carbocycles. The summed E-state index contributed by atoms with van der Waals surface area (Å²) in [5, 5.41) is 17.9. The van der Waals surface area contributed by atoms with Crippen LogP contribution in [0.5, 0.6) is 11.5 Å². The summed E-state index contributed by atoms with van der Waals surface area (Å²) in [4.78, 5) is 67.0. The van der Waals surface area contributed by atoms with Gasteiger partial charge in [0.2, 0.25) is 23.6 Å². The van der Waals surface area contributed by atoms with Crippen LogP contribution in [0.4, 0.5) is 0 Å². The lowest BCUT2D eigenvalue weighted by Gasteiger charge is -2.30. The van der Waals surface area contributed by atoms with Crippen molar-refractivity contribution in [1.82, 2.24) is 20.9 Å². The smallest absolute Gasteiger partial charge is 0.326 e. The Morgan fingerprint density at radius 1 is 0.750 bits per heavy atom. The van der Waals surface area contributed by atoms with Gasteiger partial charge in [0.1, 0.15) is 42.8 Å². The molecule has 2 unspecified atom stereocenters. The van der Waals surface area contributed by atoms with Gasteiger partial charge in [0.15, 0.2) is 0 Å². The molecule has 0 radical (unpaired) electrons. The van der Waals surface area contributed by atoms with Gasteiger partial charge in [0.05, 0.1) is 6.54 Å². The number of carbonyl (C=O) groups excluding carboxylic acids is 4. The van der Waals surface area contributed by atoms with E-state index in [0.717, 1.165) is 32.2 Å². The number of unbranched alkanes of at least 4 members (excludes halogenated alkanes) is 11. The minimum absolute atomic E-state index is 0.0601. The molecule has 2 aromatic rings. The molecule has 3 atom stereocenters.